The molecule has 3 nitrogen and oxygen atoms in total. The van der Waals surface area contributed by atoms with Gasteiger partial charge in [-0.2, -0.15) is 0 Å². The van der Waals surface area contributed by atoms with Crippen LogP contribution in [0.25, 0.3) is 11.0 Å². The van der Waals surface area contributed by atoms with Crippen molar-refractivity contribution in [2.75, 3.05) is 13.2 Å². The van der Waals surface area contributed by atoms with Crippen LogP contribution in [0, 0.1) is 0 Å². The Morgan fingerprint density at radius 1 is 0.909 bits per heavy atom. The highest BCUT2D eigenvalue weighted by Crippen LogP contribution is 2.22. The van der Waals surface area contributed by atoms with Gasteiger partial charge in [-0.15, -0.1) is 0 Å². The lowest BCUT2D eigenvalue weighted by Crippen LogP contribution is -2.17. The van der Waals surface area contributed by atoms with Gasteiger partial charge in [0.05, 0.1) is 6.61 Å². The molecule has 0 amide bonds. The molecule has 0 bridgehead atoms. The van der Waals surface area contributed by atoms with E-state index in [-0.39, 0.29) is 6.61 Å². The van der Waals surface area contributed by atoms with Crippen molar-refractivity contribution in [2.45, 2.75) is 19.4 Å². The number of fused-ring (bicyclic) bond motifs is 1. The second kappa shape index (κ2) is 7.25. The highest BCUT2D eigenvalue weighted by Gasteiger charge is 2.05. The summed E-state index contributed by atoms with van der Waals surface area (Å²) in [7, 11) is 0. The number of benzene rings is 2. The van der Waals surface area contributed by atoms with Gasteiger partial charge in [0.25, 0.3) is 0 Å². The molecule has 0 aliphatic carbocycles. The third-order valence-corrected chi connectivity index (χ3v) is 3.76. The van der Waals surface area contributed by atoms with Crippen molar-refractivity contribution in [1.82, 2.24) is 5.32 Å². The first-order valence-electron chi connectivity index (χ1n) is 7.72. The van der Waals surface area contributed by atoms with Gasteiger partial charge in [0, 0.05) is 24.9 Å². The summed E-state index contributed by atoms with van der Waals surface area (Å²) in [4.78, 5) is 0. The van der Waals surface area contributed by atoms with Gasteiger partial charge in [-0.1, -0.05) is 42.5 Å². The molecule has 0 atom stereocenters. The minimum atomic E-state index is 0.159. The van der Waals surface area contributed by atoms with Gasteiger partial charge in [-0.3, -0.25) is 0 Å². The second-order valence-corrected chi connectivity index (χ2v) is 5.47. The molecule has 0 aliphatic heterocycles. The van der Waals surface area contributed by atoms with Crippen molar-refractivity contribution in [2.24, 2.45) is 0 Å². The van der Waals surface area contributed by atoms with Crippen LogP contribution in [-0.2, 0) is 19.4 Å². The molecule has 0 aliphatic rings. The molecule has 2 aromatic carbocycles. The number of furan rings is 1. The zero-order valence-electron chi connectivity index (χ0n) is 12.6. The normalized spacial score (nSPS) is 11.1. The minimum absolute atomic E-state index is 0.159. The number of hydrogen-bond donors (Lipinski definition) is 2. The summed E-state index contributed by atoms with van der Waals surface area (Å²) in [6.07, 6.45) is 1.91. The van der Waals surface area contributed by atoms with Gasteiger partial charge in [0.2, 0.25) is 0 Å². The molecule has 3 heteroatoms. The SMILES string of the molecule is OCCNCc1ccc2cc(CCc3ccccc3)oc2c1. The average Bonchev–Trinajstić information content (AvgIpc) is 2.96. The van der Waals surface area contributed by atoms with E-state index in [1.54, 1.807) is 0 Å². The average molecular weight is 295 g/mol. The molecular weight excluding hydrogens is 274 g/mol. The highest BCUT2D eigenvalue weighted by atomic mass is 16.3. The van der Waals surface area contributed by atoms with Crippen molar-refractivity contribution >= 4 is 11.0 Å². The van der Waals surface area contributed by atoms with Crippen LogP contribution in [0.15, 0.2) is 59.0 Å². The number of nitrogens with one attached hydrogen (secondary N) is 1. The maximum absolute atomic E-state index is 8.79. The lowest BCUT2D eigenvalue weighted by Gasteiger charge is -2.02. The van der Waals surface area contributed by atoms with Gasteiger partial charge in [0.1, 0.15) is 11.3 Å². The maximum atomic E-state index is 8.79. The van der Waals surface area contributed by atoms with Crippen LogP contribution in [0.3, 0.4) is 0 Å². The fraction of sp³-hybridized carbons (Fsp3) is 0.263. The Hall–Kier alpha value is -2.10. The molecule has 0 radical (unpaired) electrons. The van der Waals surface area contributed by atoms with Crippen LogP contribution in [0.2, 0.25) is 0 Å². The van der Waals surface area contributed by atoms with Gasteiger partial charge < -0.3 is 14.8 Å². The molecule has 1 heterocycles. The summed E-state index contributed by atoms with van der Waals surface area (Å²) in [5.41, 5.74) is 3.44. The number of aliphatic hydroxyl groups excluding tert-OH is 1. The minimum Gasteiger partial charge on any atom is -0.461 e. The van der Waals surface area contributed by atoms with Gasteiger partial charge in [0.15, 0.2) is 0 Å². The van der Waals surface area contributed by atoms with Gasteiger partial charge >= 0.3 is 0 Å². The third kappa shape index (κ3) is 3.75. The van der Waals surface area contributed by atoms with E-state index in [0.717, 1.165) is 36.1 Å². The van der Waals surface area contributed by atoms with E-state index in [1.807, 2.05) is 6.07 Å². The molecule has 0 saturated heterocycles. The van der Waals surface area contributed by atoms with Crippen molar-refractivity contribution in [3.8, 4) is 0 Å². The number of rotatable bonds is 7. The Morgan fingerprint density at radius 2 is 1.77 bits per heavy atom. The molecule has 22 heavy (non-hydrogen) atoms. The fourth-order valence-corrected chi connectivity index (χ4v) is 2.59. The highest BCUT2D eigenvalue weighted by molar-refractivity contribution is 5.78. The van der Waals surface area contributed by atoms with Crippen LogP contribution in [-0.4, -0.2) is 18.3 Å². The molecule has 0 unspecified atom stereocenters. The molecule has 114 valence electrons. The van der Waals surface area contributed by atoms with Crippen LogP contribution in [0.4, 0.5) is 0 Å². The predicted molar refractivity (Wildman–Crippen MR) is 88.9 cm³/mol. The van der Waals surface area contributed by atoms with Crippen molar-refractivity contribution in [3.63, 3.8) is 0 Å². The van der Waals surface area contributed by atoms with Crippen molar-refractivity contribution < 1.29 is 9.52 Å². The van der Waals surface area contributed by atoms with Crippen molar-refractivity contribution in [1.29, 1.82) is 0 Å². The molecule has 3 aromatic rings. The Labute approximate surface area is 130 Å². The quantitative estimate of drug-likeness (QED) is 0.657. The molecule has 2 N–H and O–H groups in total. The first-order chi connectivity index (χ1) is 10.8. The topological polar surface area (TPSA) is 45.4 Å². The van der Waals surface area contributed by atoms with E-state index in [2.05, 4.69) is 53.8 Å². The molecule has 0 spiro atoms. The number of aliphatic hydroxyl groups is 1. The zero-order chi connectivity index (χ0) is 15.2. The summed E-state index contributed by atoms with van der Waals surface area (Å²) in [5, 5.41) is 13.1. The Balaban J connectivity index is 1.67. The van der Waals surface area contributed by atoms with E-state index >= 15 is 0 Å². The molecule has 3 rings (SSSR count). The summed E-state index contributed by atoms with van der Waals surface area (Å²) >= 11 is 0. The Bertz CT molecular complexity index is 719. The van der Waals surface area contributed by atoms with Crippen LogP contribution < -0.4 is 5.32 Å². The lowest BCUT2D eigenvalue weighted by atomic mass is 10.1. The fourth-order valence-electron chi connectivity index (χ4n) is 2.59. The van der Waals surface area contributed by atoms with Gasteiger partial charge in [-0.05, 0) is 29.7 Å². The van der Waals surface area contributed by atoms with Crippen molar-refractivity contribution in [3.05, 3.63) is 71.5 Å². The smallest absolute Gasteiger partial charge is 0.134 e. The number of hydrogen-bond acceptors (Lipinski definition) is 3. The second-order valence-electron chi connectivity index (χ2n) is 5.47. The largest absolute Gasteiger partial charge is 0.461 e. The number of aryl methyl sites for hydroxylation is 2. The first-order valence-corrected chi connectivity index (χ1v) is 7.72. The monoisotopic (exact) mass is 295 g/mol. The molecular formula is C19H21NO2. The Kier molecular flexibility index (Phi) is 4.88. The third-order valence-electron chi connectivity index (χ3n) is 3.76. The van der Waals surface area contributed by atoms with Crippen LogP contribution >= 0.6 is 0 Å². The van der Waals surface area contributed by atoms with E-state index in [4.69, 9.17) is 9.52 Å². The first kappa shape index (κ1) is 14.8. The Morgan fingerprint density at radius 3 is 2.59 bits per heavy atom. The maximum Gasteiger partial charge on any atom is 0.134 e. The van der Waals surface area contributed by atoms with E-state index in [0.29, 0.717) is 6.54 Å². The van der Waals surface area contributed by atoms with Gasteiger partial charge in [-0.25, -0.2) is 0 Å². The van der Waals surface area contributed by atoms with Crippen LogP contribution in [0.5, 0.6) is 0 Å². The summed E-state index contributed by atoms with van der Waals surface area (Å²) in [5.74, 6) is 1.03. The van der Waals surface area contributed by atoms with E-state index in [1.165, 1.54) is 11.1 Å². The van der Waals surface area contributed by atoms with Crippen LogP contribution in [0.1, 0.15) is 16.9 Å². The molecule has 0 fully saturated rings. The summed E-state index contributed by atoms with van der Waals surface area (Å²) in [6, 6.07) is 18.9. The predicted octanol–water partition coefficient (Wildman–Crippen LogP) is 3.30. The standard InChI is InChI=1S/C19H21NO2/c21-11-10-20-14-16-6-8-17-13-18(22-19(17)12-16)9-7-15-4-2-1-3-5-15/h1-6,8,12-13,20-21H,7,9-11,14H2. The lowest BCUT2D eigenvalue weighted by molar-refractivity contribution is 0.292. The molecule has 0 saturated carbocycles. The van der Waals surface area contributed by atoms with E-state index < -0.39 is 0 Å². The molecule has 1 aromatic heterocycles. The zero-order valence-corrected chi connectivity index (χ0v) is 12.6. The summed E-state index contributed by atoms with van der Waals surface area (Å²) in [6.45, 7) is 1.52. The van der Waals surface area contributed by atoms with E-state index in [9.17, 15) is 0 Å². The summed E-state index contributed by atoms with van der Waals surface area (Å²) < 4.78 is 5.96.